The fraction of sp³-hybridized carbons (Fsp3) is 0.0952. The second-order valence-corrected chi connectivity index (χ2v) is 6.22. The predicted octanol–water partition coefficient (Wildman–Crippen LogP) is 4.17. The van der Waals surface area contributed by atoms with Gasteiger partial charge in [-0.05, 0) is 37.3 Å². The Morgan fingerprint density at radius 3 is 2.52 bits per heavy atom. The van der Waals surface area contributed by atoms with Gasteiger partial charge in [0.2, 0.25) is 0 Å². The smallest absolute Gasteiger partial charge is 0.339 e. The number of rotatable bonds is 5. The van der Waals surface area contributed by atoms with Crippen LogP contribution >= 0.6 is 0 Å². The van der Waals surface area contributed by atoms with Crippen molar-refractivity contribution in [3.63, 3.8) is 0 Å². The van der Waals surface area contributed by atoms with Crippen LogP contribution in [-0.4, -0.2) is 32.3 Å². The first-order valence-corrected chi connectivity index (χ1v) is 8.94. The van der Waals surface area contributed by atoms with Gasteiger partial charge in [-0.2, -0.15) is 5.10 Å². The maximum Gasteiger partial charge on any atom is 0.339 e. The molecule has 0 aliphatic carbocycles. The molecule has 0 N–H and O–H groups in total. The molecule has 8 nitrogen and oxygen atoms in total. The number of nitrogens with zero attached hydrogens (tertiary/aromatic N) is 4. The van der Waals surface area contributed by atoms with E-state index < -0.39 is 10.9 Å². The summed E-state index contributed by atoms with van der Waals surface area (Å²) in [6.45, 7) is 1.99. The van der Waals surface area contributed by atoms with Crippen LogP contribution in [0.5, 0.6) is 0 Å². The highest BCUT2D eigenvalue weighted by Gasteiger charge is 2.18. The molecule has 2 aromatic carbocycles. The molecule has 144 valence electrons. The van der Waals surface area contributed by atoms with Gasteiger partial charge >= 0.3 is 5.97 Å². The highest BCUT2D eigenvalue weighted by Crippen LogP contribution is 2.30. The lowest BCUT2D eigenvalue weighted by molar-refractivity contribution is -0.384. The number of pyridine rings is 1. The Labute approximate surface area is 165 Å². The van der Waals surface area contributed by atoms with E-state index in [1.807, 2.05) is 30.3 Å². The first kappa shape index (κ1) is 18.3. The number of benzene rings is 2. The molecule has 0 atom stereocenters. The Kier molecular flexibility index (Phi) is 4.74. The lowest BCUT2D eigenvalue weighted by atomic mass is 10.1. The van der Waals surface area contributed by atoms with Gasteiger partial charge in [0, 0.05) is 29.3 Å². The molecule has 0 radical (unpaired) electrons. The van der Waals surface area contributed by atoms with Crippen LogP contribution in [-0.2, 0) is 4.74 Å². The van der Waals surface area contributed by atoms with Crippen molar-refractivity contribution in [3.8, 4) is 16.9 Å². The number of non-ortho nitro benzene ring substituents is 1. The fourth-order valence-corrected chi connectivity index (χ4v) is 3.03. The topological polar surface area (TPSA) is 100 Å². The molecule has 4 rings (SSSR count). The van der Waals surface area contributed by atoms with Crippen LogP contribution in [0.1, 0.15) is 17.3 Å². The van der Waals surface area contributed by atoms with E-state index in [4.69, 9.17) is 4.74 Å². The standard InChI is InChI=1S/C21H16N4O4/c1-2-29-21(26)15-12-18-19(14-8-10-17(11-9-14)25(27)28)23-24(20(18)22-13-15)16-6-4-3-5-7-16/h3-13H,2H2,1H3. The molecule has 0 saturated carbocycles. The fourth-order valence-electron chi connectivity index (χ4n) is 3.03. The van der Waals surface area contributed by atoms with Crippen LogP contribution in [0.3, 0.4) is 0 Å². The Bertz CT molecular complexity index is 1200. The van der Waals surface area contributed by atoms with Gasteiger partial charge in [0.25, 0.3) is 5.69 Å². The zero-order valence-electron chi connectivity index (χ0n) is 15.5. The third kappa shape index (κ3) is 3.43. The molecular formula is C21H16N4O4. The second kappa shape index (κ2) is 7.51. The van der Waals surface area contributed by atoms with Gasteiger partial charge in [0.15, 0.2) is 5.65 Å². The SMILES string of the molecule is CCOC(=O)c1cnc2c(c1)c(-c1ccc([N+](=O)[O-])cc1)nn2-c1ccccc1. The van der Waals surface area contributed by atoms with Crippen molar-refractivity contribution in [2.24, 2.45) is 0 Å². The summed E-state index contributed by atoms with van der Waals surface area (Å²) in [6.07, 6.45) is 1.46. The molecular weight excluding hydrogens is 372 g/mol. The highest BCUT2D eigenvalue weighted by molar-refractivity contribution is 5.98. The van der Waals surface area contributed by atoms with E-state index in [1.54, 1.807) is 29.8 Å². The van der Waals surface area contributed by atoms with Gasteiger partial charge in [-0.15, -0.1) is 0 Å². The number of hydrogen-bond acceptors (Lipinski definition) is 6. The van der Waals surface area contributed by atoms with Crippen LogP contribution in [0.4, 0.5) is 5.69 Å². The summed E-state index contributed by atoms with van der Waals surface area (Å²) in [5.41, 5.74) is 2.93. The van der Waals surface area contributed by atoms with Crippen molar-refractivity contribution in [2.75, 3.05) is 6.61 Å². The zero-order chi connectivity index (χ0) is 20.4. The average Bonchev–Trinajstić information content (AvgIpc) is 3.13. The van der Waals surface area contributed by atoms with E-state index in [-0.39, 0.29) is 12.3 Å². The summed E-state index contributed by atoms with van der Waals surface area (Å²) >= 11 is 0. The van der Waals surface area contributed by atoms with Crippen LogP contribution in [0, 0.1) is 10.1 Å². The minimum absolute atomic E-state index is 0.00844. The van der Waals surface area contributed by atoms with Crippen molar-refractivity contribution >= 4 is 22.7 Å². The number of fused-ring (bicyclic) bond motifs is 1. The number of esters is 1. The molecule has 0 amide bonds. The van der Waals surface area contributed by atoms with E-state index in [0.29, 0.717) is 27.9 Å². The molecule has 8 heteroatoms. The molecule has 0 saturated heterocycles. The average molecular weight is 388 g/mol. The van der Waals surface area contributed by atoms with Crippen molar-refractivity contribution < 1.29 is 14.5 Å². The Morgan fingerprint density at radius 1 is 1.14 bits per heavy atom. The van der Waals surface area contributed by atoms with Crippen LogP contribution in [0.15, 0.2) is 66.9 Å². The lowest BCUT2D eigenvalue weighted by Crippen LogP contribution is -2.05. The minimum atomic E-state index is -0.469. The first-order chi connectivity index (χ1) is 14.1. The van der Waals surface area contributed by atoms with Gasteiger partial charge in [0.05, 0.1) is 22.8 Å². The number of carbonyl (C=O) groups is 1. The van der Waals surface area contributed by atoms with E-state index in [0.717, 1.165) is 5.69 Å². The van der Waals surface area contributed by atoms with Crippen molar-refractivity contribution in [1.82, 2.24) is 14.8 Å². The molecule has 29 heavy (non-hydrogen) atoms. The van der Waals surface area contributed by atoms with Crippen molar-refractivity contribution in [3.05, 3.63) is 82.5 Å². The number of nitro groups is 1. The zero-order valence-corrected chi connectivity index (χ0v) is 15.5. The number of nitro benzene ring substituents is 1. The van der Waals surface area contributed by atoms with Crippen molar-refractivity contribution in [1.29, 1.82) is 0 Å². The molecule has 0 spiro atoms. The Hall–Kier alpha value is -4.07. The Morgan fingerprint density at radius 2 is 1.86 bits per heavy atom. The summed E-state index contributed by atoms with van der Waals surface area (Å²) in [6, 6.07) is 17.3. The van der Waals surface area contributed by atoms with E-state index in [1.165, 1.54) is 18.3 Å². The third-order valence-electron chi connectivity index (χ3n) is 4.39. The first-order valence-electron chi connectivity index (χ1n) is 8.94. The molecule has 0 aliphatic rings. The second-order valence-electron chi connectivity index (χ2n) is 6.22. The third-order valence-corrected chi connectivity index (χ3v) is 4.39. The molecule has 0 bridgehead atoms. The van der Waals surface area contributed by atoms with E-state index in [9.17, 15) is 14.9 Å². The summed E-state index contributed by atoms with van der Waals surface area (Å²) in [5.74, 6) is -0.469. The van der Waals surface area contributed by atoms with Crippen LogP contribution in [0.2, 0.25) is 0 Å². The largest absolute Gasteiger partial charge is 0.462 e. The quantitative estimate of drug-likeness (QED) is 0.289. The van der Waals surface area contributed by atoms with Gasteiger partial charge < -0.3 is 4.74 Å². The van der Waals surface area contributed by atoms with Gasteiger partial charge in [-0.1, -0.05) is 18.2 Å². The van der Waals surface area contributed by atoms with E-state index >= 15 is 0 Å². The molecule has 2 aromatic heterocycles. The number of carbonyl (C=O) groups excluding carboxylic acids is 1. The molecule has 0 unspecified atom stereocenters. The minimum Gasteiger partial charge on any atom is -0.462 e. The van der Waals surface area contributed by atoms with Crippen molar-refractivity contribution in [2.45, 2.75) is 6.92 Å². The summed E-state index contributed by atoms with van der Waals surface area (Å²) in [5, 5.41) is 16.3. The van der Waals surface area contributed by atoms with Gasteiger partial charge in [0.1, 0.15) is 5.69 Å². The summed E-state index contributed by atoms with van der Waals surface area (Å²) in [4.78, 5) is 27.1. The number of para-hydroxylation sites is 1. The highest BCUT2D eigenvalue weighted by atomic mass is 16.6. The normalized spacial score (nSPS) is 10.8. The monoisotopic (exact) mass is 388 g/mol. The lowest BCUT2D eigenvalue weighted by Gasteiger charge is -2.03. The Balaban J connectivity index is 1.92. The van der Waals surface area contributed by atoms with Gasteiger partial charge in [-0.3, -0.25) is 10.1 Å². The molecule has 2 heterocycles. The van der Waals surface area contributed by atoms with Gasteiger partial charge in [-0.25, -0.2) is 14.5 Å². The number of hydrogen-bond donors (Lipinski definition) is 0. The number of aromatic nitrogens is 3. The maximum absolute atomic E-state index is 12.2. The predicted molar refractivity (Wildman–Crippen MR) is 107 cm³/mol. The summed E-state index contributed by atoms with van der Waals surface area (Å²) < 4.78 is 6.76. The van der Waals surface area contributed by atoms with Crippen LogP contribution in [0.25, 0.3) is 28.0 Å². The van der Waals surface area contributed by atoms with Crippen LogP contribution < -0.4 is 0 Å². The van der Waals surface area contributed by atoms with E-state index in [2.05, 4.69) is 10.1 Å². The molecule has 0 aliphatic heterocycles. The maximum atomic E-state index is 12.2. The summed E-state index contributed by atoms with van der Waals surface area (Å²) in [7, 11) is 0. The number of ether oxygens (including phenoxy) is 1. The molecule has 0 fully saturated rings. The molecule has 4 aromatic rings.